The number of thiazole rings is 1. The van der Waals surface area contributed by atoms with Gasteiger partial charge in [0.2, 0.25) is 0 Å². The Morgan fingerprint density at radius 1 is 1.47 bits per heavy atom. The van der Waals surface area contributed by atoms with Crippen molar-refractivity contribution in [2.45, 2.75) is 0 Å². The van der Waals surface area contributed by atoms with E-state index >= 15 is 0 Å². The molecule has 0 atom stereocenters. The van der Waals surface area contributed by atoms with E-state index in [4.69, 9.17) is 12.2 Å². The molecule has 1 aliphatic heterocycles. The molecule has 0 saturated carbocycles. The second-order valence-corrected chi connectivity index (χ2v) is 4.84. The predicted molar refractivity (Wildman–Crippen MR) is 67.4 cm³/mol. The number of thiocarbonyl (C=S) groups is 1. The number of likely N-dealkylation sites (N-methyl/N-ethyl adjacent to an activating group) is 1. The van der Waals surface area contributed by atoms with Crippen molar-refractivity contribution < 1.29 is 0 Å². The first-order valence-electron chi connectivity index (χ1n) is 4.89. The van der Waals surface area contributed by atoms with Crippen molar-refractivity contribution in [3.05, 3.63) is 11.6 Å². The first-order valence-corrected chi connectivity index (χ1v) is 6.18. The molecule has 0 aliphatic carbocycles. The average Bonchev–Trinajstić information content (AvgIpc) is 2.71. The molecule has 0 bridgehead atoms. The first kappa shape index (κ1) is 10.8. The summed E-state index contributed by atoms with van der Waals surface area (Å²) in [4.78, 5) is 8.65. The van der Waals surface area contributed by atoms with E-state index in [9.17, 15) is 0 Å². The molecule has 1 aliphatic rings. The number of piperazine rings is 1. The average molecular weight is 242 g/mol. The molecule has 0 unspecified atom stereocenters. The molecule has 82 valence electrons. The van der Waals surface area contributed by atoms with Gasteiger partial charge in [-0.1, -0.05) is 0 Å². The van der Waals surface area contributed by atoms with E-state index in [2.05, 4.69) is 27.1 Å². The minimum Gasteiger partial charge on any atom is -0.346 e. The molecule has 15 heavy (non-hydrogen) atoms. The third-order valence-corrected chi connectivity index (χ3v) is 3.49. The Morgan fingerprint density at radius 2 is 2.20 bits per heavy atom. The van der Waals surface area contributed by atoms with Crippen LogP contribution in [0.3, 0.4) is 0 Å². The summed E-state index contributed by atoms with van der Waals surface area (Å²) in [6.45, 7) is 4.13. The van der Waals surface area contributed by atoms with Crippen LogP contribution in [0.25, 0.3) is 0 Å². The standard InChI is InChI=1S/C9H14N4S2/c1-12-3-5-13(6-4-12)9(14)11-8-10-2-7-15-8/h2,7H,3-6H2,1H3,(H,10,11,14). The number of nitrogens with zero attached hydrogens (tertiary/aromatic N) is 3. The summed E-state index contributed by atoms with van der Waals surface area (Å²) in [5.41, 5.74) is 0. The summed E-state index contributed by atoms with van der Waals surface area (Å²) in [6, 6.07) is 0. The largest absolute Gasteiger partial charge is 0.346 e. The maximum absolute atomic E-state index is 5.32. The van der Waals surface area contributed by atoms with Gasteiger partial charge in [0.05, 0.1) is 0 Å². The van der Waals surface area contributed by atoms with Crippen molar-refractivity contribution in [2.75, 3.05) is 38.5 Å². The molecule has 2 rings (SSSR count). The van der Waals surface area contributed by atoms with Crippen LogP contribution >= 0.6 is 23.6 Å². The third kappa shape index (κ3) is 2.87. The number of aromatic nitrogens is 1. The van der Waals surface area contributed by atoms with E-state index < -0.39 is 0 Å². The highest BCUT2D eigenvalue weighted by atomic mass is 32.1. The predicted octanol–water partition coefficient (Wildman–Crippen LogP) is 1.09. The van der Waals surface area contributed by atoms with Crippen LogP contribution in [0.4, 0.5) is 5.13 Å². The number of anilines is 1. The molecule has 1 N–H and O–H groups in total. The van der Waals surface area contributed by atoms with Crippen LogP contribution in [0, 0.1) is 0 Å². The molecule has 0 radical (unpaired) electrons. The lowest BCUT2D eigenvalue weighted by Crippen LogP contribution is -2.48. The first-order chi connectivity index (χ1) is 7.25. The van der Waals surface area contributed by atoms with Crippen LogP contribution in [0.5, 0.6) is 0 Å². The lowest BCUT2D eigenvalue weighted by molar-refractivity contribution is 0.217. The quantitative estimate of drug-likeness (QED) is 0.745. The van der Waals surface area contributed by atoms with E-state index in [0.717, 1.165) is 36.4 Å². The Labute approximate surface area is 98.9 Å². The molecule has 2 heterocycles. The van der Waals surface area contributed by atoms with Crippen molar-refractivity contribution in [3.8, 4) is 0 Å². The zero-order valence-corrected chi connectivity index (χ0v) is 10.3. The van der Waals surface area contributed by atoms with Crippen molar-refractivity contribution in [1.29, 1.82) is 0 Å². The Morgan fingerprint density at radius 3 is 2.80 bits per heavy atom. The lowest BCUT2D eigenvalue weighted by Gasteiger charge is -2.33. The third-order valence-electron chi connectivity index (χ3n) is 2.44. The van der Waals surface area contributed by atoms with Crippen molar-refractivity contribution >= 4 is 33.8 Å². The molecular weight excluding hydrogens is 228 g/mol. The zero-order valence-electron chi connectivity index (χ0n) is 8.64. The Bertz CT molecular complexity index is 317. The van der Waals surface area contributed by atoms with E-state index in [1.807, 2.05) is 5.38 Å². The van der Waals surface area contributed by atoms with Gasteiger partial charge < -0.3 is 15.1 Å². The van der Waals surface area contributed by atoms with E-state index in [1.54, 1.807) is 17.5 Å². The van der Waals surface area contributed by atoms with Gasteiger partial charge in [0.25, 0.3) is 0 Å². The number of rotatable bonds is 1. The highest BCUT2D eigenvalue weighted by Crippen LogP contribution is 2.12. The fraction of sp³-hybridized carbons (Fsp3) is 0.556. The van der Waals surface area contributed by atoms with Gasteiger partial charge in [-0.3, -0.25) is 0 Å². The van der Waals surface area contributed by atoms with Gasteiger partial charge in [0.15, 0.2) is 10.2 Å². The van der Waals surface area contributed by atoms with Gasteiger partial charge in [-0.25, -0.2) is 4.98 Å². The molecule has 4 nitrogen and oxygen atoms in total. The van der Waals surface area contributed by atoms with Gasteiger partial charge in [-0.05, 0) is 19.3 Å². The van der Waals surface area contributed by atoms with Crippen LogP contribution in [-0.2, 0) is 0 Å². The topological polar surface area (TPSA) is 31.4 Å². The van der Waals surface area contributed by atoms with Crippen molar-refractivity contribution in [3.63, 3.8) is 0 Å². The maximum atomic E-state index is 5.32. The number of nitrogens with one attached hydrogen (secondary N) is 1. The van der Waals surface area contributed by atoms with Crippen LogP contribution in [0.15, 0.2) is 11.6 Å². The van der Waals surface area contributed by atoms with Gasteiger partial charge in [0.1, 0.15) is 0 Å². The van der Waals surface area contributed by atoms with Gasteiger partial charge in [-0.15, -0.1) is 11.3 Å². The smallest absolute Gasteiger partial charge is 0.188 e. The Hall–Kier alpha value is -0.720. The van der Waals surface area contributed by atoms with E-state index in [0.29, 0.717) is 0 Å². The summed E-state index contributed by atoms with van der Waals surface area (Å²) in [7, 11) is 2.13. The molecule has 1 fully saturated rings. The van der Waals surface area contributed by atoms with Crippen LogP contribution in [0.1, 0.15) is 0 Å². The Balaban J connectivity index is 1.86. The second kappa shape index (κ2) is 4.87. The molecule has 1 aromatic rings. The summed E-state index contributed by atoms with van der Waals surface area (Å²) < 4.78 is 0. The zero-order chi connectivity index (χ0) is 10.7. The molecule has 6 heteroatoms. The van der Waals surface area contributed by atoms with Crippen LogP contribution in [-0.4, -0.2) is 53.1 Å². The Kier molecular flexibility index (Phi) is 3.50. The van der Waals surface area contributed by atoms with Gasteiger partial charge in [-0.2, -0.15) is 0 Å². The maximum Gasteiger partial charge on any atom is 0.188 e. The number of hydrogen-bond donors (Lipinski definition) is 1. The van der Waals surface area contributed by atoms with E-state index in [1.165, 1.54) is 0 Å². The summed E-state index contributed by atoms with van der Waals surface area (Å²) in [5, 5.41) is 6.76. The highest BCUT2D eigenvalue weighted by molar-refractivity contribution is 7.80. The fourth-order valence-electron chi connectivity index (χ4n) is 1.47. The monoisotopic (exact) mass is 242 g/mol. The minimum atomic E-state index is 0.790. The van der Waals surface area contributed by atoms with Crippen LogP contribution in [0.2, 0.25) is 0 Å². The highest BCUT2D eigenvalue weighted by Gasteiger charge is 2.16. The molecular formula is C9H14N4S2. The molecule has 1 aromatic heterocycles. The van der Waals surface area contributed by atoms with Crippen molar-refractivity contribution in [1.82, 2.24) is 14.8 Å². The molecule has 0 amide bonds. The number of hydrogen-bond acceptors (Lipinski definition) is 4. The van der Waals surface area contributed by atoms with Crippen molar-refractivity contribution in [2.24, 2.45) is 0 Å². The van der Waals surface area contributed by atoms with Gasteiger partial charge in [0, 0.05) is 37.8 Å². The SMILES string of the molecule is CN1CCN(C(=S)Nc2nccs2)CC1. The summed E-state index contributed by atoms with van der Waals surface area (Å²) >= 11 is 6.89. The molecule has 0 aromatic carbocycles. The van der Waals surface area contributed by atoms with Gasteiger partial charge >= 0.3 is 0 Å². The fourth-order valence-corrected chi connectivity index (χ4v) is 2.34. The summed E-state index contributed by atoms with van der Waals surface area (Å²) in [6.07, 6.45) is 1.78. The molecule has 0 spiro atoms. The minimum absolute atomic E-state index is 0.790. The summed E-state index contributed by atoms with van der Waals surface area (Å²) in [5.74, 6) is 0. The normalized spacial score (nSPS) is 17.8. The van der Waals surface area contributed by atoms with E-state index in [-0.39, 0.29) is 0 Å². The lowest BCUT2D eigenvalue weighted by atomic mass is 10.3. The van der Waals surface area contributed by atoms with Crippen LogP contribution < -0.4 is 5.32 Å². The second-order valence-electron chi connectivity index (χ2n) is 3.56. The molecule has 1 saturated heterocycles.